The number of thioether (sulfide) groups is 1. The molecule has 0 unspecified atom stereocenters. The van der Waals surface area contributed by atoms with E-state index in [0.29, 0.717) is 31.1 Å². The summed E-state index contributed by atoms with van der Waals surface area (Å²) in [5, 5.41) is 3.78. The van der Waals surface area contributed by atoms with Crippen molar-refractivity contribution in [3.8, 4) is 11.5 Å². The molecule has 1 aromatic rings. The monoisotopic (exact) mass is 321 g/mol. The maximum Gasteiger partial charge on any atom is 0.251 e. The van der Waals surface area contributed by atoms with E-state index in [1.807, 2.05) is 11.8 Å². The van der Waals surface area contributed by atoms with Crippen LogP contribution in [0.25, 0.3) is 0 Å². The Labute approximate surface area is 135 Å². The number of rotatable bonds is 5. The lowest BCUT2D eigenvalue weighted by molar-refractivity contribution is 0.0955. The molecule has 22 heavy (non-hydrogen) atoms. The van der Waals surface area contributed by atoms with Gasteiger partial charge in [0.15, 0.2) is 11.5 Å². The van der Waals surface area contributed by atoms with Gasteiger partial charge in [-0.15, -0.1) is 0 Å². The van der Waals surface area contributed by atoms with Crippen molar-refractivity contribution in [1.82, 2.24) is 5.32 Å². The normalized spacial score (nSPS) is 18.0. The van der Waals surface area contributed by atoms with Gasteiger partial charge in [0.2, 0.25) is 0 Å². The number of carbonyl (C=O) groups is 1. The molecule has 1 aliphatic carbocycles. The first-order valence-electron chi connectivity index (χ1n) is 8.12. The zero-order valence-corrected chi connectivity index (χ0v) is 13.6. The van der Waals surface area contributed by atoms with Gasteiger partial charge in [0.05, 0.1) is 0 Å². The second-order valence-electron chi connectivity index (χ2n) is 5.75. The second kappa shape index (κ2) is 7.77. The molecule has 0 saturated heterocycles. The topological polar surface area (TPSA) is 47.6 Å². The lowest BCUT2D eigenvalue weighted by Gasteiger charge is -2.21. The summed E-state index contributed by atoms with van der Waals surface area (Å²) in [7, 11) is 0. The Morgan fingerprint density at radius 2 is 1.91 bits per heavy atom. The number of benzene rings is 1. The quantitative estimate of drug-likeness (QED) is 0.846. The summed E-state index contributed by atoms with van der Waals surface area (Å²) < 4.78 is 11.0. The van der Waals surface area contributed by atoms with Gasteiger partial charge >= 0.3 is 0 Å². The molecular formula is C17H23NO3S. The van der Waals surface area contributed by atoms with Gasteiger partial charge in [0.1, 0.15) is 13.2 Å². The molecule has 5 heteroatoms. The summed E-state index contributed by atoms with van der Waals surface area (Å²) in [6.07, 6.45) is 6.78. The molecule has 4 nitrogen and oxygen atoms in total. The molecule has 1 fully saturated rings. The SMILES string of the molecule is O=C(NCCSC1CCCCC1)c1ccc2c(c1)OCCO2. The molecule has 0 aromatic heterocycles. The van der Waals surface area contributed by atoms with E-state index in [0.717, 1.165) is 16.8 Å². The molecule has 1 aromatic carbocycles. The van der Waals surface area contributed by atoms with E-state index in [9.17, 15) is 4.79 Å². The van der Waals surface area contributed by atoms with Crippen LogP contribution >= 0.6 is 11.8 Å². The van der Waals surface area contributed by atoms with Crippen molar-refractivity contribution in [2.75, 3.05) is 25.5 Å². The van der Waals surface area contributed by atoms with Crippen molar-refractivity contribution >= 4 is 17.7 Å². The van der Waals surface area contributed by atoms with Crippen molar-refractivity contribution in [2.24, 2.45) is 0 Å². The summed E-state index contributed by atoms with van der Waals surface area (Å²) in [4.78, 5) is 12.2. The second-order valence-corrected chi connectivity index (χ2v) is 7.15. The van der Waals surface area contributed by atoms with E-state index >= 15 is 0 Å². The Kier molecular flexibility index (Phi) is 5.48. The van der Waals surface area contributed by atoms with Crippen LogP contribution in [0, 0.1) is 0 Å². The van der Waals surface area contributed by atoms with E-state index in [4.69, 9.17) is 9.47 Å². The van der Waals surface area contributed by atoms with Crippen LogP contribution < -0.4 is 14.8 Å². The van der Waals surface area contributed by atoms with Gasteiger partial charge in [0.25, 0.3) is 5.91 Å². The van der Waals surface area contributed by atoms with Gasteiger partial charge in [-0.05, 0) is 31.0 Å². The predicted octanol–water partition coefficient (Wildman–Crippen LogP) is 3.25. The fraction of sp³-hybridized carbons (Fsp3) is 0.588. The van der Waals surface area contributed by atoms with Gasteiger partial charge in [-0.25, -0.2) is 0 Å². The van der Waals surface area contributed by atoms with Crippen LogP contribution in [-0.2, 0) is 0 Å². The zero-order valence-electron chi connectivity index (χ0n) is 12.8. The highest BCUT2D eigenvalue weighted by molar-refractivity contribution is 7.99. The number of carbonyl (C=O) groups excluding carboxylic acids is 1. The van der Waals surface area contributed by atoms with E-state index in [1.54, 1.807) is 18.2 Å². The molecule has 1 amide bonds. The summed E-state index contributed by atoms with van der Waals surface area (Å²) in [5.41, 5.74) is 0.631. The van der Waals surface area contributed by atoms with E-state index < -0.39 is 0 Å². The first kappa shape index (κ1) is 15.5. The van der Waals surface area contributed by atoms with Crippen molar-refractivity contribution in [3.63, 3.8) is 0 Å². The lowest BCUT2D eigenvalue weighted by atomic mass is 10.0. The molecular weight excluding hydrogens is 298 g/mol. The fourth-order valence-electron chi connectivity index (χ4n) is 2.91. The van der Waals surface area contributed by atoms with Crippen LogP contribution in [0.3, 0.4) is 0 Å². The van der Waals surface area contributed by atoms with Gasteiger partial charge < -0.3 is 14.8 Å². The summed E-state index contributed by atoms with van der Waals surface area (Å²) in [6, 6.07) is 5.36. The number of hydrogen-bond donors (Lipinski definition) is 1. The highest BCUT2D eigenvalue weighted by Crippen LogP contribution is 2.31. The largest absolute Gasteiger partial charge is 0.486 e. The Bertz CT molecular complexity index is 515. The first-order chi connectivity index (χ1) is 10.8. The van der Waals surface area contributed by atoms with Crippen LogP contribution in [0.1, 0.15) is 42.5 Å². The minimum Gasteiger partial charge on any atom is -0.486 e. The average Bonchev–Trinajstić information content (AvgIpc) is 2.59. The van der Waals surface area contributed by atoms with Crippen molar-refractivity contribution in [2.45, 2.75) is 37.4 Å². The molecule has 1 aliphatic heterocycles. The zero-order chi connectivity index (χ0) is 15.2. The molecule has 1 N–H and O–H groups in total. The van der Waals surface area contributed by atoms with Crippen LogP contribution in [-0.4, -0.2) is 36.7 Å². The number of amides is 1. The van der Waals surface area contributed by atoms with Gasteiger partial charge in [-0.1, -0.05) is 19.3 Å². The molecule has 1 heterocycles. The predicted molar refractivity (Wildman–Crippen MR) is 89.1 cm³/mol. The van der Waals surface area contributed by atoms with Crippen LogP contribution in [0.5, 0.6) is 11.5 Å². The molecule has 2 aliphatic rings. The molecule has 0 atom stereocenters. The molecule has 1 saturated carbocycles. The molecule has 3 rings (SSSR count). The van der Waals surface area contributed by atoms with Crippen LogP contribution in [0.2, 0.25) is 0 Å². The third-order valence-electron chi connectivity index (χ3n) is 4.10. The van der Waals surface area contributed by atoms with Crippen molar-refractivity contribution in [1.29, 1.82) is 0 Å². The van der Waals surface area contributed by atoms with E-state index in [-0.39, 0.29) is 5.91 Å². The molecule has 0 bridgehead atoms. The number of fused-ring (bicyclic) bond motifs is 1. The van der Waals surface area contributed by atoms with E-state index in [2.05, 4.69) is 5.32 Å². The van der Waals surface area contributed by atoms with Gasteiger partial charge in [-0.2, -0.15) is 11.8 Å². The van der Waals surface area contributed by atoms with Crippen LogP contribution in [0.4, 0.5) is 0 Å². The first-order valence-corrected chi connectivity index (χ1v) is 9.17. The minimum atomic E-state index is -0.0405. The third-order valence-corrected chi connectivity index (χ3v) is 5.48. The Morgan fingerprint density at radius 3 is 2.73 bits per heavy atom. The Morgan fingerprint density at radius 1 is 1.14 bits per heavy atom. The smallest absolute Gasteiger partial charge is 0.251 e. The van der Waals surface area contributed by atoms with Crippen LogP contribution in [0.15, 0.2) is 18.2 Å². The summed E-state index contributed by atoms with van der Waals surface area (Å²) >= 11 is 2.00. The molecule has 0 radical (unpaired) electrons. The van der Waals surface area contributed by atoms with Gasteiger partial charge in [-0.3, -0.25) is 4.79 Å². The maximum absolute atomic E-state index is 12.2. The molecule has 120 valence electrons. The average molecular weight is 321 g/mol. The highest BCUT2D eigenvalue weighted by atomic mass is 32.2. The summed E-state index contributed by atoms with van der Waals surface area (Å²) in [5.74, 6) is 2.33. The third kappa shape index (κ3) is 4.09. The number of hydrogen-bond acceptors (Lipinski definition) is 4. The highest BCUT2D eigenvalue weighted by Gasteiger charge is 2.16. The lowest BCUT2D eigenvalue weighted by Crippen LogP contribution is -2.26. The number of nitrogens with one attached hydrogen (secondary N) is 1. The minimum absolute atomic E-state index is 0.0405. The standard InChI is InChI=1S/C17H23NO3S/c19-17(18-8-11-22-14-4-2-1-3-5-14)13-6-7-15-16(12-13)21-10-9-20-15/h6-7,12,14H,1-5,8-11H2,(H,18,19). The molecule has 0 spiro atoms. The number of ether oxygens (including phenoxy) is 2. The maximum atomic E-state index is 12.2. The van der Waals surface area contributed by atoms with Crippen molar-refractivity contribution in [3.05, 3.63) is 23.8 Å². The fourth-order valence-corrected chi connectivity index (χ4v) is 4.13. The van der Waals surface area contributed by atoms with Crippen molar-refractivity contribution < 1.29 is 14.3 Å². The Hall–Kier alpha value is -1.36. The summed E-state index contributed by atoms with van der Waals surface area (Å²) in [6.45, 7) is 1.82. The Balaban J connectivity index is 1.43. The van der Waals surface area contributed by atoms with E-state index in [1.165, 1.54) is 32.1 Å². The van der Waals surface area contributed by atoms with Gasteiger partial charge in [0, 0.05) is 23.1 Å².